The Bertz CT molecular complexity index is 894. The highest BCUT2D eigenvalue weighted by Crippen LogP contribution is 2.23. The fourth-order valence-electron chi connectivity index (χ4n) is 3.91. The number of hydrogen-bond acceptors (Lipinski definition) is 8. The number of nitrogens with one attached hydrogen (secondary N) is 4. The summed E-state index contributed by atoms with van der Waals surface area (Å²) in [5.41, 5.74) is 1.56. The number of ether oxygens (including phenoxy) is 1. The number of benzene rings is 1. The van der Waals surface area contributed by atoms with E-state index in [2.05, 4.69) is 21.3 Å². The van der Waals surface area contributed by atoms with Crippen molar-refractivity contribution >= 4 is 36.1 Å². The highest BCUT2D eigenvalue weighted by Gasteiger charge is 2.30. The van der Waals surface area contributed by atoms with Crippen molar-refractivity contribution in [3.63, 3.8) is 0 Å². The first-order chi connectivity index (χ1) is 17.5. The van der Waals surface area contributed by atoms with Crippen molar-refractivity contribution < 1.29 is 28.7 Å². The first-order valence-corrected chi connectivity index (χ1v) is 12.3. The quantitative estimate of drug-likeness (QED) is 0.129. The molecule has 4 amide bonds. The van der Waals surface area contributed by atoms with Gasteiger partial charge in [0.25, 0.3) is 0 Å². The number of anilines is 1. The van der Waals surface area contributed by atoms with Gasteiger partial charge in [0.05, 0.1) is 12.6 Å². The molecule has 36 heavy (non-hydrogen) atoms. The average molecular weight is 504 g/mol. The molecule has 2 rings (SSSR count). The molecule has 0 aliphatic carbocycles. The number of unbranched alkanes of at least 4 members (excludes halogenated alkanes) is 2. The first-order valence-electron chi connectivity index (χ1n) is 12.3. The molecule has 0 radical (unpaired) electrons. The summed E-state index contributed by atoms with van der Waals surface area (Å²) < 4.78 is 5.55. The molecule has 1 aromatic rings. The monoisotopic (exact) mass is 503 g/mol. The van der Waals surface area contributed by atoms with Crippen LogP contribution < -0.4 is 21.3 Å². The molecule has 1 saturated heterocycles. The predicted octanol–water partition coefficient (Wildman–Crippen LogP) is 0.587. The molecule has 0 bridgehead atoms. The molecule has 11 nitrogen and oxygen atoms in total. The molecule has 0 spiro atoms. The molecule has 0 saturated carbocycles. The molecule has 1 fully saturated rings. The molecule has 198 valence electrons. The summed E-state index contributed by atoms with van der Waals surface area (Å²) in [7, 11) is 1.75. The number of aldehydes is 1. The molecule has 1 unspecified atom stereocenters. The van der Waals surface area contributed by atoms with Crippen molar-refractivity contribution in [1.29, 1.82) is 0 Å². The van der Waals surface area contributed by atoms with E-state index in [1.165, 1.54) is 0 Å². The van der Waals surface area contributed by atoms with E-state index in [1.54, 1.807) is 30.1 Å². The van der Waals surface area contributed by atoms with E-state index in [4.69, 9.17) is 4.74 Å². The SMILES string of the molecule is CN(Cc1c(C=O)cccc1NC(=O)CNCCCCOCCCCNC=O)C1CCC(=O)NC1=O. The summed E-state index contributed by atoms with van der Waals surface area (Å²) in [6, 6.07) is 4.60. The van der Waals surface area contributed by atoms with Crippen LogP contribution in [0.3, 0.4) is 0 Å². The van der Waals surface area contributed by atoms with Gasteiger partial charge in [-0.25, -0.2) is 0 Å². The minimum absolute atomic E-state index is 0.123. The molecule has 0 aromatic heterocycles. The van der Waals surface area contributed by atoms with Crippen LogP contribution in [0.2, 0.25) is 0 Å². The summed E-state index contributed by atoms with van der Waals surface area (Å²) in [6.07, 6.45) is 5.61. The lowest BCUT2D eigenvalue weighted by Gasteiger charge is -2.30. The van der Waals surface area contributed by atoms with Gasteiger partial charge in [0, 0.05) is 49.5 Å². The van der Waals surface area contributed by atoms with Crippen LogP contribution in [-0.2, 0) is 30.5 Å². The molecular formula is C25H37N5O6. The van der Waals surface area contributed by atoms with Gasteiger partial charge in [0.15, 0.2) is 0 Å². The highest BCUT2D eigenvalue weighted by atomic mass is 16.5. The maximum absolute atomic E-state index is 12.5. The third kappa shape index (κ3) is 10.2. The van der Waals surface area contributed by atoms with Crippen LogP contribution in [0.4, 0.5) is 5.69 Å². The normalized spacial score (nSPS) is 15.4. The van der Waals surface area contributed by atoms with E-state index in [0.717, 1.165) is 32.0 Å². The first kappa shape index (κ1) is 29.1. The second-order valence-corrected chi connectivity index (χ2v) is 8.70. The minimum Gasteiger partial charge on any atom is -0.381 e. The van der Waals surface area contributed by atoms with Gasteiger partial charge in [0.2, 0.25) is 24.1 Å². The Kier molecular flexibility index (Phi) is 13.3. The van der Waals surface area contributed by atoms with Gasteiger partial charge in [-0.2, -0.15) is 0 Å². The van der Waals surface area contributed by atoms with Crippen LogP contribution in [0.15, 0.2) is 18.2 Å². The number of amides is 4. The van der Waals surface area contributed by atoms with Gasteiger partial charge in [-0.05, 0) is 51.8 Å². The highest BCUT2D eigenvalue weighted by molar-refractivity contribution is 6.00. The lowest BCUT2D eigenvalue weighted by atomic mass is 10.0. The van der Waals surface area contributed by atoms with E-state index in [1.807, 2.05) is 0 Å². The summed E-state index contributed by atoms with van der Waals surface area (Å²) in [5.74, 6) is -0.876. The van der Waals surface area contributed by atoms with Gasteiger partial charge >= 0.3 is 0 Å². The van der Waals surface area contributed by atoms with Crippen molar-refractivity contribution in [3.8, 4) is 0 Å². The van der Waals surface area contributed by atoms with Crippen LogP contribution in [0, 0.1) is 0 Å². The zero-order valence-electron chi connectivity index (χ0n) is 20.8. The minimum atomic E-state index is -0.490. The second kappa shape index (κ2) is 16.5. The van der Waals surface area contributed by atoms with Gasteiger partial charge in [-0.1, -0.05) is 12.1 Å². The number of likely N-dealkylation sites (N-methyl/N-ethyl adjacent to an activating group) is 1. The van der Waals surface area contributed by atoms with Crippen LogP contribution in [0.1, 0.15) is 54.4 Å². The third-order valence-corrected chi connectivity index (χ3v) is 5.88. The van der Waals surface area contributed by atoms with Crippen molar-refractivity contribution in [2.75, 3.05) is 45.2 Å². The topological polar surface area (TPSA) is 146 Å². The van der Waals surface area contributed by atoms with Crippen molar-refractivity contribution in [2.24, 2.45) is 0 Å². The Labute approximate surface area is 211 Å². The molecule has 1 atom stereocenters. The van der Waals surface area contributed by atoms with Crippen molar-refractivity contribution in [3.05, 3.63) is 29.3 Å². The molecule has 1 aliphatic rings. The summed E-state index contributed by atoms with van der Waals surface area (Å²) in [4.78, 5) is 59.7. The summed E-state index contributed by atoms with van der Waals surface area (Å²) in [6.45, 7) is 3.03. The number of rotatable bonds is 18. The molecule has 1 heterocycles. The fourth-order valence-corrected chi connectivity index (χ4v) is 3.91. The largest absolute Gasteiger partial charge is 0.381 e. The zero-order valence-corrected chi connectivity index (χ0v) is 20.8. The number of piperidine rings is 1. The van der Waals surface area contributed by atoms with E-state index >= 15 is 0 Å². The van der Waals surface area contributed by atoms with E-state index in [9.17, 15) is 24.0 Å². The second-order valence-electron chi connectivity index (χ2n) is 8.70. The standard InChI is InChI=1S/C25H37N5O6/c1-30(22-9-10-23(33)29-25(22)35)16-20-19(17-31)7-6-8-21(20)28-24(34)15-26-11-2-4-13-36-14-5-3-12-27-18-32/h6-8,17-18,22,26H,2-5,9-16H2,1H3,(H,27,32)(H,28,34)(H,29,33,35). The Hall–Kier alpha value is -3.15. The lowest BCUT2D eigenvalue weighted by molar-refractivity contribution is -0.137. The van der Waals surface area contributed by atoms with E-state index in [0.29, 0.717) is 55.9 Å². The number of carbonyl (C=O) groups is 5. The van der Waals surface area contributed by atoms with Crippen molar-refractivity contribution in [2.45, 2.75) is 51.1 Å². The fraction of sp³-hybridized carbons (Fsp3) is 0.560. The lowest BCUT2D eigenvalue weighted by Crippen LogP contribution is -2.51. The average Bonchev–Trinajstić information content (AvgIpc) is 2.85. The Morgan fingerprint density at radius 1 is 1.14 bits per heavy atom. The molecular weight excluding hydrogens is 466 g/mol. The summed E-state index contributed by atoms with van der Waals surface area (Å²) in [5, 5.41) is 10.9. The van der Waals surface area contributed by atoms with Crippen LogP contribution in [-0.4, -0.2) is 81.3 Å². The molecule has 4 N–H and O–H groups in total. The number of carbonyl (C=O) groups excluding carboxylic acids is 5. The van der Waals surface area contributed by atoms with Gasteiger partial charge in [-0.3, -0.25) is 34.2 Å². The summed E-state index contributed by atoms with van der Waals surface area (Å²) >= 11 is 0. The van der Waals surface area contributed by atoms with Crippen LogP contribution in [0.5, 0.6) is 0 Å². The Balaban J connectivity index is 1.74. The smallest absolute Gasteiger partial charge is 0.243 e. The number of hydrogen-bond donors (Lipinski definition) is 4. The van der Waals surface area contributed by atoms with E-state index in [-0.39, 0.29) is 37.2 Å². The molecule has 11 heteroatoms. The van der Waals surface area contributed by atoms with Crippen LogP contribution in [0.25, 0.3) is 0 Å². The van der Waals surface area contributed by atoms with Gasteiger partial charge in [0.1, 0.15) is 6.29 Å². The third-order valence-electron chi connectivity index (χ3n) is 5.88. The molecule has 1 aliphatic heterocycles. The van der Waals surface area contributed by atoms with Gasteiger partial charge < -0.3 is 20.7 Å². The molecule has 1 aromatic carbocycles. The Morgan fingerprint density at radius 3 is 2.58 bits per heavy atom. The number of nitrogens with zero attached hydrogens (tertiary/aromatic N) is 1. The maximum atomic E-state index is 12.5. The van der Waals surface area contributed by atoms with Crippen LogP contribution >= 0.6 is 0 Å². The maximum Gasteiger partial charge on any atom is 0.243 e. The van der Waals surface area contributed by atoms with Gasteiger partial charge in [-0.15, -0.1) is 0 Å². The Morgan fingerprint density at radius 2 is 1.89 bits per heavy atom. The number of imide groups is 1. The van der Waals surface area contributed by atoms with Crippen molar-refractivity contribution in [1.82, 2.24) is 20.9 Å². The zero-order chi connectivity index (χ0) is 26.2. The predicted molar refractivity (Wildman–Crippen MR) is 134 cm³/mol. The van der Waals surface area contributed by atoms with E-state index < -0.39 is 6.04 Å².